The van der Waals surface area contributed by atoms with Crippen molar-refractivity contribution in [1.82, 2.24) is 19.9 Å². The fraction of sp³-hybridized carbons (Fsp3) is 0.467. The molecule has 0 bridgehead atoms. The van der Waals surface area contributed by atoms with Gasteiger partial charge < -0.3 is 14.7 Å². The van der Waals surface area contributed by atoms with Gasteiger partial charge in [-0.05, 0) is 106 Å². The molecule has 1 aromatic carbocycles. The summed E-state index contributed by atoms with van der Waals surface area (Å²) in [6.45, 7) is 1.67. The van der Waals surface area contributed by atoms with Crippen LogP contribution in [0.3, 0.4) is 0 Å². The molecule has 3 heterocycles. The number of ether oxygens (including phenoxy) is 1. The first-order chi connectivity index (χ1) is 20.3. The average molecular weight is 648 g/mol. The van der Waals surface area contributed by atoms with Crippen molar-refractivity contribution < 1.29 is 19.4 Å². The van der Waals surface area contributed by atoms with Crippen LogP contribution in [-0.2, 0) is 34.5 Å². The van der Waals surface area contributed by atoms with Crippen molar-refractivity contribution in [3.05, 3.63) is 65.4 Å². The van der Waals surface area contributed by atoms with Crippen molar-refractivity contribution in [2.45, 2.75) is 75.7 Å². The van der Waals surface area contributed by atoms with Gasteiger partial charge in [-0.2, -0.15) is 0 Å². The van der Waals surface area contributed by atoms with Crippen LogP contribution in [0, 0.1) is 0 Å². The van der Waals surface area contributed by atoms with E-state index in [4.69, 9.17) is 27.9 Å². The molecule has 2 aliphatic carbocycles. The molecule has 1 fully saturated rings. The lowest BCUT2D eigenvalue weighted by Crippen LogP contribution is -2.42. The van der Waals surface area contributed by atoms with Gasteiger partial charge >= 0.3 is 5.97 Å². The molecule has 0 saturated heterocycles. The largest absolute Gasteiger partial charge is 0.460 e. The zero-order valence-corrected chi connectivity index (χ0v) is 26.4. The predicted molar refractivity (Wildman–Crippen MR) is 166 cm³/mol. The molecule has 0 aliphatic heterocycles. The molecule has 0 atom stereocenters. The van der Waals surface area contributed by atoms with Crippen molar-refractivity contribution in [2.24, 2.45) is 0 Å². The second kappa shape index (κ2) is 12.3. The molecule has 2 aliphatic rings. The Morgan fingerprint density at radius 1 is 1.12 bits per heavy atom. The van der Waals surface area contributed by atoms with E-state index in [1.807, 2.05) is 10.7 Å². The second-order valence-electron chi connectivity index (χ2n) is 11.2. The van der Waals surface area contributed by atoms with E-state index in [0.29, 0.717) is 24.5 Å². The Hall–Kier alpha value is -2.34. The van der Waals surface area contributed by atoms with Crippen LogP contribution in [0.5, 0.6) is 0 Å². The van der Waals surface area contributed by atoms with Gasteiger partial charge in [-0.15, -0.1) is 27.8 Å². The summed E-state index contributed by atoms with van der Waals surface area (Å²) in [5, 5.41) is 20.4. The number of carbonyl (C=O) groups excluding carboxylic acids is 2. The highest BCUT2D eigenvalue weighted by Crippen LogP contribution is 2.42. The number of aryl methyl sites for hydroxylation is 2. The molecular formula is C30H32Cl2N4O4S2. The molecule has 222 valence electrons. The van der Waals surface area contributed by atoms with Crippen molar-refractivity contribution in [3.8, 4) is 0 Å². The van der Waals surface area contributed by atoms with Crippen LogP contribution in [0.1, 0.15) is 69.8 Å². The molecule has 0 amide bonds. The molecule has 4 aromatic rings. The maximum atomic E-state index is 13.4. The number of hydrogen-bond acceptors (Lipinski definition) is 9. The predicted octanol–water partition coefficient (Wildman–Crippen LogP) is 6.27. The summed E-state index contributed by atoms with van der Waals surface area (Å²) in [7, 11) is 2.14. The van der Waals surface area contributed by atoms with E-state index in [0.717, 1.165) is 116 Å². The summed E-state index contributed by atoms with van der Waals surface area (Å²) in [5.74, 6) is -0.692. The van der Waals surface area contributed by atoms with Gasteiger partial charge in [0.05, 0.1) is 23.9 Å². The highest BCUT2D eigenvalue weighted by molar-refractivity contribution is 7.18. The zero-order chi connectivity index (χ0) is 29.4. The maximum Gasteiger partial charge on any atom is 0.349 e. The zero-order valence-electron chi connectivity index (χ0n) is 23.2. The van der Waals surface area contributed by atoms with E-state index in [1.54, 1.807) is 24.3 Å². The maximum absolute atomic E-state index is 13.4. The first-order valence-corrected chi connectivity index (χ1v) is 16.6. The Labute approximate surface area is 262 Å². The van der Waals surface area contributed by atoms with E-state index in [-0.39, 0.29) is 6.10 Å². The lowest BCUT2D eigenvalue weighted by Gasteiger charge is -2.35. The van der Waals surface area contributed by atoms with Gasteiger partial charge in [0.1, 0.15) is 17.9 Å². The third-order valence-corrected chi connectivity index (χ3v) is 11.3. The number of fused-ring (bicyclic) bond motifs is 3. The smallest absolute Gasteiger partial charge is 0.349 e. The SMILES string of the molecule is CN(CCCn1nnc2cc(C=O)c3c(c21)CCC3)C1CCC(OC(=O)C(O)(c2ccc(Cl)s2)c2ccc(Cl)s2)CC1. The molecule has 0 spiro atoms. The topological polar surface area (TPSA) is 97.5 Å². The summed E-state index contributed by atoms with van der Waals surface area (Å²) in [6, 6.07) is 8.91. The van der Waals surface area contributed by atoms with Gasteiger partial charge in [-0.1, -0.05) is 28.4 Å². The molecule has 6 rings (SSSR count). The van der Waals surface area contributed by atoms with Crippen LogP contribution in [0.2, 0.25) is 8.67 Å². The lowest BCUT2D eigenvalue weighted by atomic mass is 9.91. The van der Waals surface area contributed by atoms with Crippen molar-refractivity contribution in [2.75, 3.05) is 13.6 Å². The average Bonchev–Trinajstić information content (AvgIpc) is 3.80. The number of thiophene rings is 2. The second-order valence-corrected chi connectivity index (χ2v) is 14.6. The summed E-state index contributed by atoms with van der Waals surface area (Å²) >= 11 is 14.6. The number of aliphatic hydroxyl groups is 1. The molecule has 0 unspecified atom stereocenters. The van der Waals surface area contributed by atoms with E-state index in [2.05, 4.69) is 22.3 Å². The number of rotatable bonds is 10. The first-order valence-electron chi connectivity index (χ1n) is 14.3. The van der Waals surface area contributed by atoms with Gasteiger partial charge in [-0.3, -0.25) is 4.79 Å². The number of aldehydes is 1. The minimum atomic E-state index is -1.94. The number of carbonyl (C=O) groups is 2. The van der Waals surface area contributed by atoms with Crippen molar-refractivity contribution in [1.29, 1.82) is 0 Å². The molecule has 1 saturated carbocycles. The minimum absolute atomic E-state index is 0.264. The van der Waals surface area contributed by atoms with Crippen molar-refractivity contribution >= 4 is 69.2 Å². The monoisotopic (exact) mass is 646 g/mol. The van der Waals surface area contributed by atoms with Crippen LogP contribution in [-0.4, -0.2) is 63.0 Å². The van der Waals surface area contributed by atoms with E-state index < -0.39 is 11.6 Å². The summed E-state index contributed by atoms with van der Waals surface area (Å²) in [4.78, 5) is 28.2. The molecule has 1 N–H and O–H groups in total. The van der Waals surface area contributed by atoms with Gasteiger partial charge in [0.2, 0.25) is 5.60 Å². The summed E-state index contributed by atoms with van der Waals surface area (Å²) in [6.07, 6.45) is 7.82. The Bertz CT molecular complexity index is 1570. The number of esters is 1. The van der Waals surface area contributed by atoms with Crippen molar-refractivity contribution in [3.63, 3.8) is 0 Å². The summed E-state index contributed by atoms with van der Waals surface area (Å²) in [5.41, 5.74) is 3.08. The molecule has 42 heavy (non-hydrogen) atoms. The van der Waals surface area contributed by atoms with Gasteiger partial charge in [-0.25, -0.2) is 9.48 Å². The van der Waals surface area contributed by atoms with Crippen LogP contribution >= 0.6 is 45.9 Å². The standard InChI is InChI=1S/C30H32Cl2N4O4S2/c1-35(14-3-15-36-28-22-5-2-4-21(22)18(17-37)16-23(28)33-34-36)19-6-8-20(9-7-19)40-29(38)30(39,24-10-12-26(31)41-24)25-11-13-27(32)42-25/h10-13,16-17,19-20,39H,2-9,14-15H2,1H3. The molecule has 0 radical (unpaired) electrons. The molecular weight excluding hydrogens is 615 g/mol. The number of hydrogen-bond donors (Lipinski definition) is 1. The Morgan fingerprint density at radius 3 is 2.40 bits per heavy atom. The van der Waals surface area contributed by atoms with Crippen LogP contribution in [0.25, 0.3) is 11.0 Å². The Morgan fingerprint density at radius 2 is 1.79 bits per heavy atom. The van der Waals surface area contributed by atoms with Crippen LogP contribution < -0.4 is 0 Å². The number of halogens is 2. The number of nitrogens with zero attached hydrogens (tertiary/aromatic N) is 4. The first kappa shape index (κ1) is 29.7. The van der Waals surface area contributed by atoms with Gasteiger partial charge in [0.15, 0.2) is 0 Å². The van der Waals surface area contributed by atoms with Gasteiger partial charge in [0, 0.05) is 18.2 Å². The third-order valence-electron chi connectivity index (χ3n) is 8.61. The normalized spacial score (nSPS) is 19.0. The number of aromatic nitrogens is 3. The molecule has 8 nitrogen and oxygen atoms in total. The quantitative estimate of drug-likeness (QED) is 0.160. The molecule has 3 aromatic heterocycles. The van der Waals surface area contributed by atoms with Crippen LogP contribution in [0.15, 0.2) is 30.3 Å². The fourth-order valence-electron chi connectivity index (χ4n) is 6.39. The van der Waals surface area contributed by atoms with Gasteiger partial charge in [0.25, 0.3) is 0 Å². The van der Waals surface area contributed by atoms with E-state index in [1.165, 1.54) is 5.56 Å². The summed E-state index contributed by atoms with van der Waals surface area (Å²) < 4.78 is 8.88. The minimum Gasteiger partial charge on any atom is -0.460 e. The highest BCUT2D eigenvalue weighted by Gasteiger charge is 2.45. The van der Waals surface area contributed by atoms with E-state index in [9.17, 15) is 14.7 Å². The van der Waals surface area contributed by atoms with Crippen LogP contribution in [0.4, 0.5) is 0 Å². The number of benzene rings is 1. The highest BCUT2D eigenvalue weighted by atomic mass is 35.5. The lowest BCUT2D eigenvalue weighted by molar-refractivity contribution is -0.169. The third kappa shape index (κ3) is 5.65. The Kier molecular flexibility index (Phi) is 8.73. The Balaban J connectivity index is 1.03. The van der Waals surface area contributed by atoms with E-state index >= 15 is 0 Å². The fourth-order valence-corrected chi connectivity index (χ4v) is 8.72. The molecule has 12 heteroatoms.